The number of likely N-dealkylation sites (tertiary alicyclic amines) is 2. The molecule has 3 amide bonds. The summed E-state index contributed by atoms with van der Waals surface area (Å²) in [5, 5.41) is 19.0. The number of nitrogen functional groups attached to an aromatic ring is 1. The van der Waals surface area contributed by atoms with Gasteiger partial charge in [-0.3, -0.25) is 19.3 Å². The number of rotatable bonds is 18. The number of amides is 3. The zero-order valence-electron chi connectivity index (χ0n) is 45.1. The largest absolute Gasteiger partial charge is 0.462 e. The number of carbonyl (C=O) groups is 3. The molecule has 10 rings (SSSR count). The van der Waals surface area contributed by atoms with Gasteiger partial charge in [0.1, 0.15) is 46.9 Å². The third-order valence-electron chi connectivity index (χ3n) is 15.8. The molecule has 5 N–H and O–H groups in total. The van der Waals surface area contributed by atoms with E-state index in [1.54, 1.807) is 16.2 Å². The Bertz CT molecular complexity index is 3350. The Labute approximate surface area is 468 Å². The van der Waals surface area contributed by atoms with Gasteiger partial charge in [0, 0.05) is 80.2 Å². The second-order valence-corrected chi connectivity index (χ2v) is 24.2. The van der Waals surface area contributed by atoms with E-state index in [2.05, 4.69) is 35.8 Å². The van der Waals surface area contributed by atoms with Crippen molar-refractivity contribution in [3.8, 4) is 33.6 Å². The van der Waals surface area contributed by atoms with Crippen LogP contribution in [-0.2, 0) is 25.3 Å². The molecule has 424 valence electrons. The monoisotopic (exact) mass is 1140 g/mol. The maximum Gasteiger partial charge on any atom is 0.417 e. The molecule has 4 fully saturated rings. The molecule has 0 aliphatic carbocycles. The third kappa shape index (κ3) is 11.6. The molecule has 16 nitrogen and oxygen atoms in total. The number of nitrogens with one attached hydrogen (secondary N) is 3. The minimum atomic E-state index is -5.09. The van der Waals surface area contributed by atoms with Crippen LogP contribution < -0.4 is 31.3 Å². The number of nitriles is 1. The fraction of sp³-hybridized carbons (Fsp3) is 0.491. The first-order valence-electron chi connectivity index (χ1n) is 27.1. The van der Waals surface area contributed by atoms with Gasteiger partial charge in [0.25, 0.3) is 0 Å². The topological polar surface area (TPSA) is 204 Å². The lowest BCUT2D eigenvalue weighted by Gasteiger charge is -2.40. The normalized spacial score (nSPS) is 20.2. The second kappa shape index (κ2) is 23.1. The van der Waals surface area contributed by atoms with E-state index in [0.717, 1.165) is 65.7 Å². The number of halogens is 5. The minimum absolute atomic E-state index is 0.0170. The van der Waals surface area contributed by atoms with Crippen LogP contribution in [0, 0.1) is 35.3 Å². The number of ether oxygens (including phenoxy) is 2. The molecule has 0 radical (unpaired) electrons. The third-order valence-corrected chi connectivity index (χ3v) is 17.8. The zero-order chi connectivity index (χ0) is 56.8. The van der Waals surface area contributed by atoms with Crippen LogP contribution >= 0.6 is 22.7 Å². The van der Waals surface area contributed by atoms with Crippen LogP contribution in [0.3, 0.4) is 0 Å². The molecule has 0 saturated carbocycles. The lowest BCUT2D eigenvalue weighted by atomic mass is 9.85. The Hall–Kier alpha value is -6.58. The average molecular weight is 1140 g/mol. The highest BCUT2D eigenvalue weighted by atomic mass is 32.1. The maximum absolute atomic E-state index is 17.3. The van der Waals surface area contributed by atoms with E-state index in [0.29, 0.717) is 63.4 Å². The summed E-state index contributed by atoms with van der Waals surface area (Å²) in [7, 11) is 0. The molecule has 0 spiro atoms. The SMILES string of the molecule is Cc1ncsc1-c1ccc([C@H](C)NC(=O)[C@@H]2CCCN2C(=O)[C@@H](NC(=O)CCOCCCN2CC[C@H]2COc2nc(N3CC4CCC(C3)N4)c3cc(C(F)(F)F)c(-c4ccc(F)c5sc(N)c(C#N)c45)c(F)c3n2)C(C)(C)C)cc1. The highest BCUT2D eigenvalue weighted by molar-refractivity contribution is 7.23. The van der Waals surface area contributed by atoms with Crippen molar-refractivity contribution < 1.29 is 45.8 Å². The van der Waals surface area contributed by atoms with E-state index in [9.17, 15) is 19.6 Å². The number of aromatic nitrogens is 3. The predicted octanol–water partition coefficient (Wildman–Crippen LogP) is 9.28. The molecular formula is C57H64F5N11O5S2. The molecule has 4 aliphatic heterocycles. The number of alkyl halides is 3. The standard InChI is InChI=1S/C57H64F5N11O5S2/c1-30(32-9-11-33(12-10-32)48-31(2)65-29-79-48)66-53(75)42-8-6-20-73(42)54(76)50(56(3,4)5)68-43(74)18-23-77-22-7-19-71-21-17-36(71)28-78-55-69-47-38(52(70-55)72-26-34-13-14-35(27-72)67-34)24-40(57(60,61)62)45(46(47)59)37-15-16-41(58)49-44(37)39(25-63)51(64)80-49/h9-12,15-16,24,29-30,34-36,42,50,67H,6-8,13-14,17-23,26-28,64H2,1-5H3,(H,66,75)(H,68,74)/t30-,34?,35?,36-,42-,50+/m0/s1. The lowest BCUT2D eigenvalue weighted by molar-refractivity contribution is -0.144. The fourth-order valence-electron chi connectivity index (χ4n) is 11.5. The summed E-state index contributed by atoms with van der Waals surface area (Å²) in [6.45, 7) is 12.7. The maximum atomic E-state index is 17.3. The molecule has 2 bridgehead atoms. The van der Waals surface area contributed by atoms with Gasteiger partial charge in [-0.05, 0) is 86.6 Å². The number of nitrogens with zero attached hydrogens (tertiary/aromatic N) is 7. The zero-order valence-corrected chi connectivity index (χ0v) is 46.8. The van der Waals surface area contributed by atoms with E-state index in [-0.39, 0.29) is 105 Å². The van der Waals surface area contributed by atoms with Gasteiger partial charge in [-0.2, -0.15) is 28.4 Å². The predicted molar refractivity (Wildman–Crippen MR) is 297 cm³/mol. The van der Waals surface area contributed by atoms with Gasteiger partial charge in [0.15, 0.2) is 5.82 Å². The highest BCUT2D eigenvalue weighted by Gasteiger charge is 2.43. The summed E-state index contributed by atoms with van der Waals surface area (Å²) in [6.07, 6.45) is -0.793. The van der Waals surface area contributed by atoms with Crippen LogP contribution in [0.15, 0.2) is 48.0 Å². The van der Waals surface area contributed by atoms with Crippen LogP contribution in [0.2, 0.25) is 0 Å². The molecule has 23 heteroatoms. The molecule has 6 atom stereocenters. The second-order valence-electron chi connectivity index (χ2n) is 22.3. The molecule has 4 saturated heterocycles. The Morgan fingerprint density at radius 1 is 0.988 bits per heavy atom. The van der Waals surface area contributed by atoms with Gasteiger partial charge in [-0.1, -0.05) is 51.1 Å². The number of carbonyl (C=O) groups excluding carboxylic acids is 3. The number of benzene rings is 3. The van der Waals surface area contributed by atoms with Crippen molar-refractivity contribution in [3.05, 3.63) is 82.0 Å². The quantitative estimate of drug-likeness (QED) is 0.0469. The molecule has 4 aliphatic rings. The number of hydrogen-bond donors (Lipinski definition) is 4. The number of piperazine rings is 1. The van der Waals surface area contributed by atoms with Gasteiger partial charge in [-0.15, -0.1) is 22.7 Å². The van der Waals surface area contributed by atoms with E-state index >= 15 is 22.0 Å². The van der Waals surface area contributed by atoms with Crippen LogP contribution in [0.25, 0.3) is 42.6 Å². The van der Waals surface area contributed by atoms with Crippen LogP contribution in [-0.4, -0.2) is 125 Å². The Morgan fingerprint density at radius 3 is 2.40 bits per heavy atom. The summed E-state index contributed by atoms with van der Waals surface area (Å²) < 4.78 is 89.8. The number of thiophene rings is 1. The average Bonchev–Trinajstić information content (AvgIpc) is 4.34. The van der Waals surface area contributed by atoms with E-state index in [4.69, 9.17) is 15.2 Å². The molecule has 3 aromatic heterocycles. The fourth-order valence-corrected chi connectivity index (χ4v) is 13.3. The molecule has 7 heterocycles. The van der Waals surface area contributed by atoms with Crippen LogP contribution in [0.1, 0.15) is 101 Å². The van der Waals surface area contributed by atoms with Crippen molar-refractivity contribution in [1.82, 2.24) is 40.7 Å². The Morgan fingerprint density at radius 2 is 1.74 bits per heavy atom. The lowest BCUT2D eigenvalue weighted by Crippen LogP contribution is -2.57. The van der Waals surface area contributed by atoms with Crippen molar-refractivity contribution in [2.24, 2.45) is 5.41 Å². The van der Waals surface area contributed by atoms with E-state index < -0.39 is 52.0 Å². The first-order valence-corrected chi connectivity index (χ1v) is 28.8. The van der Waals surface area contributed by atoms with Gasteiger partial charge in [0.05, 0.1) is 44.6 Å². The van der Waals surface area contributed by atoms with Crippen molar-refractivity contribution in [3.63, 3.8) is 0 Å². The summed E-state index contributed by atoms with van der Waals surface area (Å²) in [6, 6.07) is 10.6. The first kappa shape index (κ1) is 56.7. The van der Waals surface area contributed by atoms with Gasteiger partial charge >= 0.3 is 12.2 Å². The summed E-state index contributed by atoms with van der Waals surface area (Å²) >= 11 is 2.27. The summed E-state index contributed by atoms with van der Waals surface area (Å²) in [5.74, 6) is -2.93. The minimum Gasteiger partial charge on any atom is -0.462 e. The number of thiazole rings is 1. The van der Waals surface area contributed by atoms with E-state index in [1.165, 1.54) is 0 Å². The molecular weight excluding hydrogens is 1080 g/mol. The number of aryl methyl sites for hydroxylation is 1. The Kier molecular flexibility index (Phi) is 16.4. The number of nitrogens with two attached hydrogens (primary N) is 1. The number of hydrogen-bond acceptors (Lipinski definition) is 15. The number of fused-ring (bicyclic) bond motifs is 4. The van der Waals surface area contributed by atoms with Gasteiger partial charge in [0.2, 0.25) is 17.7 Å². The summed E-state index contributed by atoms with van der Waals surface area (Å²) in [4.78, 5) is 61.4. The van der Waals surface area contributed by atoms with Crippen molar-refractivity contribution in [2.75, 3.05) is 63.2 Å². The smallest absolute Gasteiger partial charge is 0.417 e. The summed E-state index contributed by atoms with van der Waals surface area (Å²) in [5.41, 5.74) is 6.91. The van der Waals surface area contributed by atoms with Crippen LogP contribution in [0.4, 0.5) is 32.8 Å². The van der Waals surface area contributed by atoms with E-state index in [1.807, 2.05) is 75.4 Å². The van der Waals surface area contributed by atoms with Crippen LogP contribution in [0.5, 0.6) is 6.01 Å². The van der Waals surface area contributed by atoms with Crippen molar-refractivity contribution in [1.29, 1.82) is 5.26 Å². The molecule has 6 aromatic rings. The van der Waals surface area contributed by atoms with Crippen molar-refractivity contribution >= 4 is 72.2 Å². The van der Waals surface area contributed by atoms with Gasteiger partial charge < -0.3 is 41.0 Å². The molecule has 3 aromatic carbocycles. The van der Waals surface area contributed by atoms with Crippen molar-refractivity contribution in [2.45, 2.75) is 122 Å². The van der Waals surface area contributed by atoms with Gasteiger partial charge in [-0.25, -0.2) is 13.8 Å². The molecule has 80 heavy (non-hydrogen) atoms. The Balaban J connectivity index is 0.743. The highest BCUT2D eigenvalue weighted by Crippen LogP contribution is 2.48. The number of anilines is 2. The molecule has 2 unspecified atom stereocenters. The first-order chi connectivity index (χ1) is 38.2.